The van der Waals surface area contributed by atoms with Crippen LogP contribution in [0.15, 0.2) is 29.4 Å². The predicted octanol–water partition coefficient (Wildman–Crippen LogP) is 2.42. The first-order chi connectivity index (χ1) is 10.6. The quantitative estimate of drug-likeness (QED) is 0.784. The normalized spacial score (nSPS) is 14.0. The molecule has 8 heteroatoms. The van der Waals surface area contributed by atoms with Crippen molar-refractivity contribution in [2.24, 2.45) is 5.73 Å². The van der Waals surface area contributed by atoms with Crippen LogP contribution in [-0.2, 0) is 11.4 Å². The summed E-state index contributed by atoms with van der Waals surface area (Å²) in [5.41, 5.74) is 5.18. The van der Waals surface area contributed by atoms with Crippen LogP contribution in [0.3, 0.4) is 0 Å². The number of hydrogen-bond donors (Lipinski definition) is 1. The van der Waals surface area contributed by atoms with Crippen LogP contribution >= 0.6 is 23.4 Å². The summed E-state index contributed by atoms with van der Waals surface area (Å²) in [4.78, 5) is 10.9. The summed E-state index contributed by atoms with van der Waals surface area (Å²) in [6.07, 6.45) is 2.17. The number of carbonyl (C=O) groups is 1. The number of rotatable bonds is 7. The van der Waals surface area contributed by atoms with Crippen LogP contribution in [0.25, 0.3) is 0 Å². The molecule has 1 aliphatic carbocycles. The van der Waals surface area contributed by atoms with Gasteiger partial charge in [0.1, 0.15) is 12.4 Å². The first-order valence-corrected chi connectivity index (χ1v) is 8.23. The summed E-state index contributed by atoms with van der Waals surface area (Å²) in [5.74, 6) is 1.16. The zero-order valence-electron chi connectivity index (χ0n) is 11.7. The summed E-state index contributed by atoms with van der Waals surface area (Å²) < 4.78 is 7.76. The molecule has 1 aromatic carbocycles. The SMILES string of the molecule is NC(=O)CSc1nnc(COc2ccccc2Cl)n1C1CC1. The number of ether oxygens (including phenoxy) is 1. The fourth-order valence-electron chi connectivity index (χ4n) is 2.04. The maximum Gasteiger partial charge on any atom is 0.227 e. The topological polar surface area (TPSA) is 83.0 Å². The van der Waals surface area contributed by atoms with E-state index in [4.69, 9.17) is 22.1 Å². The van der Waals surface area contributed by atoms with Crippen molar-refractivity contribution in [3.63, 3.8) is 0 Å². The number of aromatic nitrogens is 3. The van der Waals surface area contributed by atoms with Gasteiger partial charge in [-0.3, -0.25) is 9.36 Å². The van der Waals surface area contributed by atoms with E-state index in [1.165, 1.54) is 11.8 Å². The molecule has 116 valence electrons. The number of halogens is 1. The van der Waals surface area contributed by atoms with Gasteiger partial charge in [0.25, 0.3) is 0 Å². The molecule has 2 N–H and O–H groups in total. The number of benzene rings is 1. The fourth-order valence-corrected chi connectivity index (χ4v) is 3.00. The van der Waals surface area contributed by atoms with E-state index in [1.54, 1.807) is 6.07 Å². The number of para-hydroxylation sites is 1. The van der Waals surface area contributed by atoms with Crippen molar-refractivity contribution < 1.29 is 9.53 Å². The Hall–Kier alpha value is -1.73. The third-order valence-electron chi connectivity index (χ3n) is 3.18. The second kappa shape index (κ2) is 6.58. The van der Waals surface area contributed by atoms with Crippen LogP contribution in [0, 0.1) is 0 Å². The van der Waals surface area contributed by atoms with E-state index in [-0.39, 0.29) is 18.3 Å². The number of nitrogens with two attached hydrogens (primary N) is 1. The smallest absolute Gasteiger partial charge is 0.227 e. The van der Waals surface area contributed by atoms with Gasteiger partial charge in [-0.25, -0.2) is 0 Å². The van der Waals surface area contributed by atoms with Crippen molar-refractivity contribution >= 4 is 29.3 Å². The molecule has 1 saturated carbocycles. The molecule has 1 aliphatic rings. The van der Waals surface area contributed by atoms with Crippen molar-refractivity contribution in [2.75, 3.05) is 5.75 Å². The Morgan fingerprint density at radius 1 is 1.41 bits per heavy atom. The predicted molar refractivity (Wildman–Crippen MR) is 84.0 cm³/mol. The molecule has 0 unspecified atom stereocenters. The first-order valence-electron chi connectivity index (χ1n) is 6.87. The van der Waals surface area contributed by atoms with Crippen LogP contribution in [0.4, 0.5) is 0 Å². The molecule has 1 heterocycles. The Bertz CT molecular complexity index is 687. The molecule has 0 saturated heterocycles. The fraction of sp³-hybridized carbons (Fsp3) is 0.357. The molecule has 1 fully saturated rings. The van der Waals surface area contributed by atoms with Crippen molar-refractivity contribution in [3.05, 3.63) is 35.1 Å². The first kappa shape index (κ1) is 15.2. The standard InChI is InChI=1S/C14H15ClN4O2S/c15-10-3-1-2-4-11(10)21-7-13-17-18-14(22-8-12(16)20)19(13)9-5-6-9/h1-4,9H,5-8H2,(H2,16,20). The molecule has 1 aromatic heterocycles. The lowest BCUT2D eigenvalue weighted by molar-refractivity contribution is -0.115. The van der Waals surface area contributed by atoms with E-state index in [1.807, 2.05) is 22.8 Å². The highest BCUT2D eigenvalue weighted by atomic mass is 35.5. The molecule has 0 spiro atoms. The van der Waals surface area contributed by atoms with Gasteiger partial charge in [-0.05, 0) is 25.0 Å². The van der Waals surface area contributed by atoms with E-state index in [0.717, 1.165) is 18.7 Å². The highest BCUT2D eigenvalue weighted by molar-refractivity contribution is 7.99. The van der Waals surface area contributed by atoms with Crippen LogP contribution in [0.1, 0.15) is 24.7 Å². The summed E-state index contributed by atoms with van der Waals surface area (Å²) in [6, 6.07) is 7.68. The number of primary amides is 1. The number of nitrogens with zero attached hydrogens (tertiary/aromatic N) is 3. The molecule has 0 bridgehead atoms. The largest absolute Gasteiger partial charge is 0.484 e. The number of carbonyl (C=O) groups excluding carboxylic acids is 1. The summed E-state index contributed by atoms with van der Waals surface area (Å²) >= 11 is 7.37. The Balaban J connectivity index is 1.73. The van der Waals surface area contributed by atoms with Gasteiger partial charge in [-0.1, -0.05) is 35.5 Å². The van der Waals surface area contributed by atoms with Gasteiger partial charge < -0.3 is 10.5 Å². The number of thioether (sulfide) groups is 1. The average molecular weight is 339 g/mol. The lowest BCUT2D eigenvalue weighted by atomic mass is 10.3. The van der Waals surface area contributed by atoms with Gasteiger partial charge in [0.2, 0.25) is 5.91 Å². The average Bonchev–Trinajstić information content (AvgIpc) is 3.25. The van der Waals surface area contributed by atoms with E-state index in [2.05, 4.69) is 10.2 Å². The molecule has 0 atom stereocenters. The minimum Gasteiger partial charge on any atom is -0.484 e. The lowest BCUT2D eigenvalue weighted by Crippen LogP contribution is -2.14. The van der Waals surface area contributed by atoms with Crippen molar-refractivity contribution in [1.82, 2.24) is 14.8 Å². The summed E-state index contributed by atoms with van der Waals surface area (Å²) in [7, 11) is 0. The summed E-state index contributed by atoms with van der Waals surface area (Å²) in [5, 5.41) is 9.58. The van der Waals surface area contributed by atoms with Crippen LogP contribution < -0.4 is 10.5 Å². The third kappa shape index (κ3) is 3.53. The second-order valence-electron chi connectivity index (χ2n) is 4.97. The van der Waals surface area contributed by atoms with E-state index >= 15 is 0 Å². The number of hydrogen-bond acceptors (Lipinski definition) is 5. The van der Waals surface area contributed by atoms with E-state index in [9.17, 15) is 4.79 Å². The highest BCUT2D eigenvalue weighted by Crippen LogP contribution is 2.39. The van der Waals surface area contributed by atoms with E-state index in [0.29, 0.717) is 22.0 Å². The Labute approximate surface area is 137 Å². The molecule has 22 heavy (non-hydrogen) atoms. The van der Waals surface area contributed by atoms with Crippen molar-refractivity contribution in [1.29, 1.82) is 0 Å². The van der Waals surface area contributed by atoms with Gasteiger partial charge in [0.15, 0.2) is 11.0 Å². The zero-order valence-corrected chi connectivity index (χ0v) is 13.3. The molecule has 0 aliphatic heterocycles. The van der Waals surface area contributed by atoms with E-state index < -0.39 is 0 Å². The molecule has 3 rings (SSSR count). The Morgan fingerprint density at radius 3 is 2.86 bits per heavy atom. The van der Waals surface area contributed by atoms with Crippen LogP contribution in [0.5, 0.6) is 5.75 Å². The van der Waals surface area contributed by atoms with Gasteiger partial charge >= 0.3 is 0 Å². The van der Waals surface area contributed by atoms with Crippen molar-refractivity contribution in [2.45, 2.75) is 30.6 Å². The van der Waals surface area contributed by atoms with Crippen LogP contribution in [-0.4, -0.2) is 26.4 Å². The maximum atomic E-state index is 10.9. The molecule has 0 radical (unpaired) electrons. The third-order valence-corrected chi connectivity index (χ3v) is 4.46. The maximum absolute atomic E-state index is 10.9. The van der Waals surface area contributed by atoms with Crippen molar-refractivity contribution in [3.8, 4) is 5.75 Å². The van der Waals surface area contributed by atoms with Gasteiger partial charge in [-0.15, -0.1) is 10.2 Å². The molecule has 2 aromatic rings. The molecule has 6 nitrogen and oxygen atoms in total. The minimum absolute atomic E-state index is 0.191. The zero-order chi connectivity index (χ0) is 15.5. The van der Waals surface area contributed by atoms with Gasteiger partial charge in [-0.2, -0.15) is 0 Å². The highest BCUT2D eigenvalue weighted by Gasteiger charge is 2.30. The monoisotopic (exact) mass is 338 g/mol. The Morgan fingerprint density at radius 2 is 2.18 bits per heavy atom. The van der Waals surface area contributed by atoms with Gasteiger partial charge in [0, 0.05) is 6.04 Å². The minimum atomic E-state index is -0.371. The molecule has 1 amide bonds. The summed E-state index contributed by atoms with van der Waals surface area (Å²) in [6.45, 7) is 0.282. The number of amides is 1. The lowest BCUT2D eigenvalue weighted by Gasteiger charge is -2.10. The Kier molecular flexibility index (Phi) is 4.54. The molecular formula is C14H15ClN4O2S. The van der Waals surface area contributed by atoms with Gasteiger partial charge in [0.05, 0.1) is 10.8 Å². The second-order valence-corrected chi connectivity index (χ2v) is 6.32. The van der Waals surface area contributed by atoms with Crippen LogP contribution in [0.2, 0.25) is 5.02 Å². The molecular weight excluding hydrogens is 324 g/mol.